The summed E-state index contributed by atoms with van der Waals surface area (Å²) < 4.78 is 5.44. The number of morpholine rings is 1. The Bertz CT molecular complexity index is 666. The third-order valence-corrected chi connectivity index (χ3v) is 6.06. The molecular weight excluding hydrogens is 356 g/mol. The molecule has 1 amide bonds. The number of anilines is 2. The summed E-state index contributed by atoms with van der Waals surface area (Å²) in [5.41, 5.74) is 0. The van der Waals surface area contributed by atoms with E-state index < -0.39 is 0 Å². The number of hydrogen-bond acceptors (Lipinski definition) is 7. The van der Waals surface area contributed by atoms with Gasteiger partial charge in [-0.15, -0.1) is 0 Å². The van der Waals surface area contributed by atoms with Crippen molar-refractivity contribution in [2.45, 2.75) is 44.7 Å². The van der Waals surface area contributed by atoms with Crippen molar-refractivity contribution in [1.82, 2.24) is 20.6 Å². The highest BCUT2D eigenvalue weighted by molar-refractivity contribution is 5.79. The summed E-state index contributed by atoms with van der Waals surface area (Å²) in [6, 6.07) is 2.68. The molecule has 28 heavy (non-hydrogen) atoms. The predicted molar refractivity (Wildman–Crippen MR) is 109 cm³/mol. The van der Waals surface area contributed by atoms with Crippen LogP contribution in [-0.2, 0) is 9.53 Å². The van der Waals surface area contributed by atoms with Gasteiger partial charge in [-0.25, -0.2) is 9.97 Å². The van der Waals surface area contributed by atoms with Crippen LogP contribution in [0.25, 0.3) is 0 Å². The molecule has 0 aliphatic carbocycles. The molecule has 0 spiro atoms. The number of rotatable bonds is 4. The minimum atomic E-state index is 0.138. The fraction of sp³-hybridized carbons (Fsp3) is 0.750. The first-order valence-corrected chi connectivity index (χ1v) is 10.6. The second kappa shape index (κ2) is 9.05. The molecule has 0 aromatic carbocycles. The molecule has 3 fully saturated rings. The molecule has 0 bridgehead atoms. The Labute approximate surface area is 167 Å². The molecule has 1 aromatic heterocycles. The molecule has 0 saturated carbocycles. The fourth-order valence-electron chi connectivity index (χ4n) is 4.47. The van der Waals surface area contributed by atoms with E-state index in [0.717, 1.165) is 83.3 Å². The minimum Gasteiger partial charge on any atom is -0.378 e. The monoisotopic (exact) mass is 388 g/mol. The van der Waals surface area contributed by atoms with E-state index in [1.54, 1.807) is 6.33 Å². The molecule has 0 radical (unpaired) electrons. The van der Waals surface area contributed by atoms with Gasteiger partial charge in [-0.05, 0) is 39.2 Å². The van der Waals surface area contributed by atoms with Crippen molar-refractivity contribution >= 4 is 17.5 Å². The van der Waals surface area contributed by atoms with Crippen LogP contribution in [0, 0.1) is 5.92 Å². The molecule has 1 unspecified atom stereocenters. The Morgan fingerprint density at radius 1 is 1.18 bits per heavy atom. The fourth-order valence-corrected chi connectivity index (χ4v) is 4.47. The lowest BCUT2D eigenvalue weighted by Crippen LogP contribution is -2.51. The smallest absolute Gasteiger partial charge is 0.223 e. The number of nitrogens with zero attached hydrogens (tertiary/aromatic N) is 4. The zero-order valence-corrected chi connectivity index (χ0v) is 16.8. The summed E-state index contributed by atoms with van der Waals surface area (Å²) in [6.07, 6.45) is 5.60. The molecule has 3 aliphatic rings. The Balaban J connectivity index is 1.36. The van der Waals surface area contributed by atoms with Crippen LogP contribution >= 0.6 is 0 Å². The van der Waals surface area contributed by atoms with Crippen molar-refractivity contribution in [3.63, 3.8) is 0 Å². The number of hydrogen-bond donors (Lipinski definition) is 2. The van der Waals surface area contributed by atoms with E-state index in [1.807, 2.05) is 0 Å². The van der Waals surface area contributed by atoms with Crippen molar-refractivity contribution in [2.24, 2.45) is 5.92 Å². The van der Waals surface area contributed by atoms with Crippen LogP contribution in [0.5, 0.6) is 0 Å². The van der Waals surface area contributed by atoms with E-state index in [1.165, 1.54) is 0 Å². The van der Waals surface area contributed by atoms with E-state index in [2.05, 4.69) is 43.4 Å². The van der Waals surface area contributed by atoms with Crippen molar-refractivity contribution in [1.29, 1.82) is 0 Å². The van der Waals surface area contributed by atoms with Crippen molar-refractivity contribution in [2.75, 3.05) is 55.7 Å². The van der Waals surface area contributed by atoms with Gasteiger partial charge in [0.15, 0.2) is 0 Å². The number of carbonyl (C=O) groups excluding carboxylic acids is 1. The number of amides is 1. The second-order valence-electron chi connectivity index (χ2n) is 8.20. The zero-order chi connectivity index (χ0) is 19.3. The highest BCUT2D eigenvalue weighted by atomic mass is 16.5. The van der Waals surface area contributed by atoms with E-state index in [9.17, 15) is 4.79 Å². The maximum atomic E-state index is 12.7. The summed E-state index contributed by atoms with van der Waals surface area (Å²) in [5.74, 6) is 2.27. The van der Waals surface area contributed by atoms with E-state index in [0.29, 0.717) is 6.04 Å². The highest BCUT2D eigenvalue weighted by Gasteiger charge is 2.28. The molecule has 4 rings (SSSR count). The van der Waals surface area contributed by atoms with Crippen molar-refractivity contribution < 1.29 is 9.53 Å². The van der Waals surface area contributed by atoms with Crippen LogP contribution in [-0.4, -0.2) is 73.9 Å². The first kappa shape index (κ1) is 19.4. The van der Waals surface area contributed by atoms with Crippen LogP contribution < -0.4 is 20.4 Å². The summed E-state index contributed by atoms with van der Waals surface area (Å²) >= 11 is 0. The molecule has 154 valence electrons. The normalized spacial score (nSPS) is 28.8. The van der Waals surface area contributed by atoms with Gasteiger partial charge in [0.2, 0.25) is 5.91 Å². The molecular formula is C20H32N6O2. The number of carbonyl (C=O) groups is 1. The molecule has 8 heteroatoms. The Hall–Kier alpha value is -1.93. The SMILES string of the molecule is C[C@H]1C[C@@H](C(=O)NC2CCCN(c3cc(N4CCOCC4)ncn3)C2)CCN1. The first-order valence-electron chi connectivity index (χ1n) is 10.6. The van der Waals surface area contributed by atoms with Crippen molar-refractivity contribution in [3.05, 3.63) is 12.4 Å². The van der Waals surface area contributed by atoms with Gasteiger partial charge in [0, 0.05) is 50.2 Å². The van der Waals surface area contributed by atoms with Gasteiger partial charge in [-0.2, -0.15) is 0 Å². The number of nitrogens with one attached hydrogen (secondary N) is 2. The zero-order valence-electron chi connectivity index (χ0n) is 16.8. The lowest BCUT2D eigenvalue weighted by atomic mass is 9.92. The largest absolute Gasteiger partial charge is 0.378 e. The van der Waals surface area contributed by atoms with Gasteiger partial charge in [0.1, 0.15) is 18.0 Å². The topological polar surface area (TPSA) is 82.6 Å². The summed E-state index contributed by atoms with van der Waals surface area (Å²) in [6.45, 7) is 8.08. The third-order valence-electron chi connectivity index (χ3n) is 6.06. The van der Waals surface area contributed by atoms with Crippen LogP contribution in [0.3, 0.4) is 0 Å². The van der Waals surface area contributed by atoms with Gasteiger partial charge < -0.3 is 25.2 Å². The van der Waals surface area contributed by atoms with Gasteiger partial charge in [-0.3, -0.25) is 4.79 Å². The molecule has 3 aliphatic heterocycles. The van der Waals surface area contributed by atoms with Gasteiger partial charge in [0.25, 0.3) is 0 Å². The lowest BCUT2D eigenvalue weighted by molar-refractivity contribution is -0.126. The van der Waals surface area contributed by atoms with Gasteiger partial charge in [-0.1, -0.05) is 0 Å². The number of aromatic nitrogens is 2. The number of piperidine rings is 2. The molecule has 2 N–H and O–H groups in total. The number of ether oxygens (including phenoxy) is 1. The van der Waals surface area contributed by atoms with Crippen LogP contribution in [0.1, 0.15) is 32.6 Å². The van der Waals surface area contributed by atoms with E-state index >= 15 is 0 Å². The van der Waals surface area contributed by atoms with Gasteiger partial charge in [0.05, 0.1) is 13.2 Å². The van der Waals surface area contributed by atoms with Crippen LogP contribution in [0.2, 0.25) is 0 Å². The third kappa shape index (κ3) is 4.72. The lowest BCUT2D eigenvalue weighted by Gasteiger charge is -2.36. The summed E-state index contributed by atoms with van der Waals surface area (Å²) in [7, 11) is 0. The maximum absolute atomic E-state index is 12.7. The minimum absolute atomic E-state index is 0.138. The van der Waals surface area contributed by atoms with Crippen LogP contribution in [0.4, 0.5) is 11.6 Å². The highest BCUT2D eigenvalue weighted by Crippen LogP contribution is 2.23. The quantitative estimate of drug-likeness (QED) is 0.789. The summed E-state index contributed by atoms with van der Waals surface area (Å²) in [4.78, 5) is 26.2. The van der Waals surface area contributed by atoms with Gasteiger partial charge >= 0.3 is 0 Å². The Morgan fingerprint density at radius 2 is 1.96 bits per heavy atom. The Kier molecular flexibility index (Phi) is 6.26. The van der Waals surface area contributed by atoms with E-state index in [4.69, 9.17) is 4.74 Å². The van der Waals surface area contributed by atoms with E-state index in [-0.39, 0.29) is 17.9 Å². The predicted octanol–water partition coefficient (Wildman–Crippen LogP) is 0.786. The first-order chi connectivity index (χ1) is 13.7. The van der Waals surface area contributed by atoms with Crippen molar-refractivity contribution in [3.8, 4) is 0 Å². The maximum Gasteiger partial charge on any atom is 0.223 e. The van der Waals surface area contributed by atoms with Crippen LogP contribution in [0.15, 0.2) is 12.4 Å². The average molecular weight is 389 g/mol. The molecule has 1 aromatic rings. The molecule has 8 nitrogen and oxygen atoms in total. The standard InChI is InChI=1S/C20H32N6O2/c1-15-11-16(4-5-21-15)20(27)24-17-3-2-6-26(13-17)19-12-18(22-14-23-19)25-7-9-28-10-8-25/h12,14-17,21H,2-11,13H2,1H3,(H,24,27)/t15-,16-,17?/m0/s1. The summed E-state index contributed by atoms with van der Waals surface area (Å²) in [5, 5.41) is 6.73. The Morgan fingerprint density at radius 3 is 2.75 bits per heavy atom. The molecule has 4 heterocycles. The molecule has 3 atom stereocenters. The average Bonchev–Trinajstić information content (AvgIpc) is 2.75. The molecule has 3 saturated heterocycles. The second-order valence-corrected chi connectivity index (χ2v) is 8.20.